The molecule has 1 rings (SSSR count). The zero-order valence-electron chi connectivity index (χ0n) is 8.79. The van der Waals surface area contributed by atoms with Crippen molar-refractivity contribution in [1.29, 1.82) is 0 Å². The fourth-order valence-corrected chi connectivity index (χ4v) is 4.22. The Kier molecular flexibility index (Phi) is 3.83. The molecular weight excluding hydrogens is 222 g/mol. The van der Waals surface area contributed by atoms with Crippen LogP contribution in [0.3, 0.4) is 0 Å². The van der Waals surface area contributed by atoms with Crippen LogP contribution in [0.25, 0.3) is 0 Å². The topological polar surface area (TPSA) is 37.4 Å². The van der Waals surface area contributed by atoms with Gasteiger partial charge in [-0.15, -0.1) is 11.6 Å². The van der Waals surface area contributed by atoms with Crippen molar-refractivity contribution in [3.05, 3.63) is 0 Å². The zero-order valence-corrected chi connectivity index (χ0v) is 10.4. The van der Waals surface area contributed by atoms with Crippen LogP contribution in [0.15, 0.2) is 0 Å². The lowest BCUT2D eigenvalue weighted by molar-refractivity contribution is 0.291. The Balaban J connectivity index is 2.72. The second kappa shape index (κ2) is 4.37. The average molecular weight is 240 g/mol. The van der Waals surface area contributed by atoms with E-state index in [-0.39, 0.29) is 11.3 Å². The number of rotatable bonds is 4. The van der Waals surface area contributed by atoms with Gasteiger partial charge >= 0.3 is 0 Å². The van der Waals surface area contributed by atoms with Gasteiger partial charge in [0, 0.05) is 18.0 Å². The smallest absolute Gasteiger partial charge is 0.212 e. The molecule has 1 saturated heterocycles. The van der Waals surface area contributed by atoms with Gasteiger partial charge in [0.15, 0.2) is 0 Å². The Morgan fingerprint density at radius 2 is 2.07 bits per heavy atom. The molecule has 0 saturated carbocycles. The van der Waals surface area contributed by atoms with Crippen molar-refractivity contribution in [2.24, 2.45) is 0 Å². The van der Waals surface area contributed by atoms with Crippen molar-refractivity contribution in [1.82, 2.24) is 4.31 Å². The second-order valence-electron chi connectivity index (χ2n) is 4.35. The summed E-state index contributed by atoms with van der Waals surface area (Å²) >= 11 is 5.50. The molecule has 0 radical (unpaired) electrons. The van der Waals surface area contributed by atoms with Gasteiger partial charge in [-0.2, -0.15) is 4.31 Å². The third kappa shape index (κ3) is 2.61. The van der Waals surface area contributed by atoms with Gasteiger partial charge in [-0.25, -0.2) is 8.42 Å². The zero-order chi connectivity index (χ0) is 10.8. The molecule has 0 atom stereocenters. The van der Waals surface area contributed by atoms with Crippen molar-refractivity contribution >= 4 is 21.6 Å². The molecule has 84 valence electrons. The number of hydrogen-bond donors (Lipinski definition) is 0. The highest BCUT2D eigenvalue weighted by molar-refractivity contribution is 7.89. The minimum absolute atomic E-state index is 0.180. The van der Waals surface area contributed by atoms with Crippen LogP contribution in [0, 0.1) is 0 Å². The van der Waals surface area contributed by atoms with Gasteiger partial charge in [0.2, 0.25) is 10.0 Å². The van der Waals surface area contributed by atoms with Crippen LogP contribution in [-0.4, -0.2) is 36.4 Å². The summed E-state index contributed by atoms with van der Waals surface area (Å²) in [6, 6.07) is 0. The van der Waals surface area contributed by atoms with Crippen LogP contribution in [0.4, 0.5) is 0 Å². The molecule has 0 unspecified atom stereocenters. The Bertz CT molecular complexity index is 287. The lowest BCUT2D eigenvalue weighted by Gasteiger charge is -2.30. The molecule has 0 aromatic rings. The molecule has 14 heavy (non-hydrogen) atoms. The highest BCUT2D eigenvalue weighted by atomic mass is 35.5. The Morgan fingerprint density at radius 1 is 1.43 bits per heavy atom. The number of halogens is 1. The number of sulfonamides is 1. The largest absolute Gasteiger partial charge is 0.214 e. The highest BCUT2D eigenvalue weighted by Crippen LogP contribution is 2.31. The van der Waals surface area contributed by atoms with Gasteiger partial charge in [-0.05, 0) is 33.1 Å². The standard InChI is InChI=1S/C9H18ClNO2S/c1-9(2)5-3-7-11(9)14(12,13)8-4-6-10/h3-8H2,1-2H3. The third-order valence-electron chi connectivity index (χ3n) is 2.70. The fourth-order valence-electron chi connectivity index (χ4n) is 1.95. The Morgan fingerprint density at radius 3 is 2.50 bits per heavy atom. The molecule has 5 heteroatoms. The quantitative estimate of drug-likeness (QED) is 0.702. The molecule has 0 aromatic heterocycles. The molecule has 0 bridgehead atoms. The summed E-state index contributed by atoms with van der Waals surface area (Å²) in [4.78, 5) is 0. The van der Waals surface area contributed by atoms with Crippen LogP contribution >= 0.6 is 11.6 Å². The van der Waals surface area contributed by atoms with Crippen LogP contribution in [-0.2, 0) is 10.0 Å². The number of nitrogens with zero attached hydrogens (tertiary/aromatic N) is 1. The lowest BCUT2D eigenvalue weighted by atomic mass is 10.0. The van der Waals surface area contributed by atoms with E-state index in [9.17, 15) is 8.42 Å². The SMILES string of the molecule is CC1(C)CCCN1S(=O)(=O)CCCCl. The van der Waals surface area contributed by atoms with E-state index >= 15 is 0 Å². The van der Waals surface area contributed by atoms with Crippen molar-refractivity contribution in [2.45, 2.75) is 38.6 Å². The second-order valence-corrected chi connectivity index (χ2v) is 6.74. The maximum absolute atomic E-state index is 11.9. The molecular formula is C9H18ClNO2S. The van der Waals surface area contributed by atoms with Crippen LogP contribution in [0.5, 0.6) is 0 Å². The maximum Gasteiger partial charge on any atom is 0.214 e. The average Bonchev–Trinajstić information content (AvgIpc) is 2.42. The first-order valence-corrected chi connectivity index (χ1v) is 7.11. The van der Waals surface area contributed by atoms with E-state index in [1.165, 1.54) is 0 Å². The highest BCUT2D eigenvalue weighted by Gasteiger charge is 2.39. The van der Waals surface area contributed by atoms with Crippen molar-refractivity contribution in [3.63, 3.8) is 0 Å². The van der Waals surface area contributed by atoms with Crippen LogP contribution in [0.2, 0.25) is 0 Å². The van der Waals surface area contributed by atoms with Gasteiger partial charge in [0.25, 0.3) is 0 Å². The molecule has 0 N–H and O–H groups in total. The van der Waals surface area contributed by atoms with Gasteiger partial charge < -0.3 is 0 Å². The van der Waals surface area contributed by atoms with E-state index in [1.807, 2.05) is 13.8 Å². The summed E-state index contributed by atoms with van der Waals surface area (Å²) in [6.07, 6.45) is 2.46. The first kappa shape index (κ1) is 12.3. The fraction of sp³-hybridized carbons (Fsp3) is 1.00. The normalized spacial score (nSPS) is 22.8. The predicted molar refractivity (Wildman–Crippen MR) is 59.1 cm³/mol. The summed E-state index contributed by atoms with van der Waals surface area (Å²) in [7, 11) is -3.08. The summed E-state index contributed by atoms with van der Waals surface area (Å²) in [5.41, 5.74) is -0.203. The number of alkyl halides is 1. The van der Waals surface area contributed by atoms with Crippen molar-refractivity contribution < 1.29 is 8.42 Å². The molecule has 1 heterocycles. The van der Waals surface area contributed by atoms with E-state index in [2.05, 4.69) is 0 Å². The molecule has 1 aliphatic rings. The maximum atomic E-state index is 11.9. The van der Waals surface area contributed by atoms with E-state index in [4.69, 9.17) is 11.6 Å². The molecule has 0 aliphatic carbocycles. The van der Waals surface area contributed by atoms with Gasteiger partial charge in [-0.3, -0.25) is 0 Å². The summed E-state index contributed by atoms with van der Waals surface area (Å²) in [6.45, 7) is 4.63. The lowest BCUT2D eigenvalue weighted by Crippen LogP contribution is -2.43. The van der Waals surface area contributed by atoms with E-state index in [1.54, 1.807) is 4.31 Å². The molecule has 1 aliphatic heterocycles. The molecule has 0 spiro atoms. The van der Waals surface area contributed by atoms with Gasteiger partial charge in [-0.1, -0.05) is 0 Å². The third-order valence-corrected chi connectivity index (χ3v) is 5.12. The molecule has 0 aromatic carbocycles. The van der Waals surface area contributed by atoms with E-state index < -0.39 is 10.0 Å². The summed E-state index contributed by atoms with van der Waals surface area (Å²) in [5, 5.41) is 0. The molecule has 3 nitrogen and oxygen atoms in total. The Labute approximate surface area is 91.5 Å². The van der Waals surface area contributed by atoms with Gasteiger partial charge in [0.1, 0.15) is 0 Å². The summed E-state index contributed by atoms with van der Waals surface area (Å²) in [5.74, 6) is 0.591. The molecule has 0 amide bonds. The monoisotopic (exact) mass is 239 g/mol. The van der Waals surface area contributed by atoms with Crippen LogP contribution < -0.4 is 0 Å². The minimum Gasteiger partial charge on any atom is -0.212 e. The van der Waals surface area contributed by atoms with Gasteiger partial charge in [0.05, 0.1) is 5.75 Å². The minimum atomic E-state index is -3.08. The van der Waals surface area contributed by atoms with E-state index in [0.717, 1.165) is 12.8 Å². The molecule has 1 fully saturated rings. The first-order valence-electron chi connectivity index (χ1n) is 4.97. The van der Waals surface area contributed by atoms with Crippen LogP contribution in [0.1, 0.15) is 33.1 Å². The first-order chi connectivity index (χ1) is 6.40. The predicted octanol–water partition coefficient (Wildman–Crippen LogP) is 1.82. The summed E-state index contributed by atoms with van der Waals surface area (Å²) < 4.78 is 25.4. The van der Waals surface area contributed by atoms with Crippen molar-refractivity contribution in [3.8, 4) is 0 Å². The Hall–Kier alpha value is 0.200. The number of hydrogen-bond acceptors (Lipinski definition) is 2. The van der Waals surface area contributed by atoms with E-state index in [0.29, 0.717) is 18.8 Å². The van der Waals surface area contributed by atoms with Crippen molar-refractivity contribution in [2.75, 3.05) is 18.2 Å².